The predicted octanol–water partition coefficient (Wildman–Crippen LogP) is 1.18. The van der Waals surface area contributed by atoms with Gasteiger partial charge in [0.2, 0.25) is 11.8 Å². The standard InChI is InChI=1S/C14H17FN2O4S/c1-2-21-14(20)9-22-8-13(19)16-7-12(18)17-11-5-3-10(15)4-6-11/h3-6H,2,7-9H2,1H3,(H,16,19)(H,17,18). The van der Waals surface area contributed by atoms with E-state index in [1.54, 1.807) is 6.92 Å². The number of rotatable bonds is 8. The number of hydrogen-bond acceptors (Lipinski definition) is 5. The van der Waals surface area contributed by atoms with Crippen LogP contribution in [-0.2, 0) is 19.1 Å². The lowest BCUT2D eigenvalue weighted by atomic mass is 10.3. The Morgan fingerprint density at radius 1 is 1.14 bits per heavy atom. The number of nitrogens with one attached hydrogen (secondary N) is 2. The number of ether oxygens (including phenoxy) is 1. The van der Waals surface area contributed by atoms with Crippen LogP contribution in [0.1, 0.15) is 6.92 Å². The van der Waals surface area contributed by atoms with Crippen molar-refractivity contribution in [2.24, 2.45) is 0 Å². The summed E-state index contributed by atoms with van der Waals surface area (Å²) in [6.07, 6.45) is 0. The van der Waals surface area contributed by atoms with Crippen LogP contribution < -0.4 is 10.6 Å². The first-order chi connectivity index (χ1) is 10.5. The lowest BCUT2D eigenvalue weighted by molar-refractivity contribution is -0.139. The highest BCUT2D eigenvalue weighted by Crippen LogP contribution is 2.07. The van der Waals surface area contributed by atoms with E-state index in [1.807, 2.05) is 0 Å². The van der Waals surface area contributed by atoms with Crippen molar-refractivity contribution >= 4 is 35.2 Å². The topological polar surface area (TPSA) is 84.5 Å². The minimum absolute atomic E-state index is 0.0582. The monoisotopic (exact) mass is 328 g/mol. The van der Waals surface area contributed by atoms with Crippen molar-refractivity contribution in [1.29, 1.82) is 0 Å². The van der Waals surface area contributed by atoms with Crippen LogP contribution in [0.4, 0.5) is 10.1 Å². The van der Waals surface area contributed by atoms with Crippen molar-refractivity contribution in [3.05, 3.63) is 30.1 Å². The Morgan fingerprint density at radius 2 is 1.82 bits per heavy atom. The first-order valence-electron chi connectivity index (χ1n) is 6.56. The molecule has 1 aromatic carbocycles. The van der Waals surface area contributed by atoms with Crippen molar-refractivity contribution in [3.63, 3.8) is 0 Å². The molecule has 1 rings (SSSR count). The number of carbonyl (C=O) groups is 3. The minimum Gasteiger partial charge on any atom is -0.465 e. The van der Waals surface area contributed by atoms with Gasteiger partial charge < -0.3 is 15.4 Å². The summed E-state index contributed by atoms with van der Waals surface area (Å²) in [5.74, 6) is -1.41. The first kappa shape index (κ1) is 18.0. The van der Waals surface area contributed by atoms with Crippen molar-refractivity contribution in [2.45, 2.75) is 6.92 Å². The number of thioether (sulfide) groups is 1. The molecule has 2 N–H and O–H groups in total. The highest BCUT2D eigenvalue weighted by Gasteiger charge is 2.08. The summed E-state index contributed by atoms with van der Waals surface area (Å²) >= 11 is 1.11. The van der Waals surface area contributed by atoms with Gasteiger partial charge in [-0.2, -0.15) is 0 Å². The largest absolute Gasteiger partial charge is 0.465 e. The summed E-state index contributed by atoms with van der Waals surface area (Å²) < 4.78 is 17.4. The molecular weight excluding hydrogens is 311 g/mol. The van der Waals surface area contributed by atoms with E-state index in [0.717, 1.165) is 11.8 Å². The highest BCUT2D eigenvalue weighted by atomic mass is 32.2. The van der Waals surface area contributed by atoms with Crippen LogP contribution in [0, 0.1) is 5.82 Å². The Morgan fingerprint density at radius 3 is 2.45 bits per heavy atom. The Balaban J connectivity index is 2.19. The molecule has 2 amide bonds. The van der Waals surface area contributed by atoms with E-state index in [1.165, 1.54) is 24.3 Å². The normalized spacial score (nSPS) is 9.91. The van der Waals surface area contributed by atoms with E-state index in [9.17, 15) is 18.8 Å². The van der Waals surface area contributed by atoms with Crippen LogP contribution in [0.15, 0.2) is 24.3 Å². The lowest BCUT2D eigenvalue weighted by Crippen LogP contribution is -2.34. The molecule has 1 aromatic rings. The summed E-state index contributed by atoms with van der Waals surface area (Å²) in [5, 5.41) is 4.94. The van der Waals surface area contributed by atoms with Gasteiger partial charge in [-0.15, -0.1) is 11.8 Å². The van der Waals surface area contributed by atoms with Crippen LogP contribution >= 0.6 is 11.8 Å². The van der Waals surface area contributed by atoms with Crippen molar-refractivity contribution in [3.8, 4) is 0 Å². The smallest absolute Gasteiger partial charge is 0.315 e. The number of carbonyl (C=O) groups excluding carboxylic acids is 3. The van der Waals surface area contributed by atoms with Gasteiger partial charge in [0.15, 0.2) is 0 Å². The van der Waals surface area contributed by atoms with Gasteiger partial charge in [0.1, 0.15) is 5.82 Å². The SMILES string of the molecule is CCOC(=O)CSCC(=O)NCC(=O)Nc1ccc(F)cc1. The summed E-state index contributed by atoms with van der Waals surface area (Å²) in [6.45, 7) is 1.81. The Kier molecular flexibility index (Phi) is 7.98. The molecule has 0 heterocycles. The number of benzene rings is 1. The third-order valence-electron chi connectivity index (χ3n) is 2.33. The second-order valence-electron chi connectivity index (χ2n) is 4.13. The van der Waals surface area contributed by atoms with Gasteiger partial charge in [-0.3, -0.25) is 14.4 Å². The molecular formula is C14H17FN2O4S. The van der Waals surface area contributed by atoms with Gasteiger partial charge in [0.25, 0.3) is 0 Å². The number of esters is 1. The van der Waals surface area contributed by atoms with Gasteiger partial charge in [0.05, 0.1) is 24.7 Å². The third kappa shape index (κ3) is 7.63. The average Bonchev–Trinajstić information content (AvgIpc) is 2.48. The Labute approximate surface area is 131 Å². The molecule has 0 aromatic heterocycles. The summed E-state index contributed by atoms with van der Waals surface area (Å²) in [7, 11) is 0. The number of hydrogen-bond donors (Lipinski definition) is 2. The van der Waals surface area contributed by atoms with E-state index in [4.69, 9.17) is 4.74 Å². The third-order valence-corrected chi connectivity index (χ3v) is 3.24. The lowest BCUT2D eigenvalue weighted by Gasteiger charge is -2.07. The van der Waals surface area contributed by atoms with Gasteiger partial charge in [0, 0.05) is 5.69 Å². The molecule has 0 saturated heterocycles. The fourth-order valence-corrected chi connectivity index (χ4v) is 2.04. The van der Waals surface area contributed by atoms with Gasteiger partial charge in [-0.25, -0.2) is 4.39 Å². The van der Waals surface area contributed by atoms with Gasteiger partial charge in [-0.1, -0.05) is 0 Å². The molecule has 6 nitrogen and oxygen atoms in total. The first-order valence-corrected chi connectivity index (χ1v) is 7.72. The Hall–Kier alpha value is -2.09. The molecule has 0 atom stereocenters. The number of halogens is 1. The van der Waals surface area contributed by atoms with Crippen molar-refractivity contribution < 1.29 is 23.5 Å². The highest BCUT2D eigenvalue weighted by molar-refractivity contribution is 8.00. The molecule has 0 unspecified atom stereocenters. The molecule has 0 aliphatic heterocycles. The maximum atomic E-state index is 12.7. The molecule has 0 bridgehead atoms. The van der Waals surface area contributed by atoms with Crippen LogP contribution in [0.25, 0.3) is 0 Å². The zero-order valence-corrected chi connectivity index (χ0v) is 12.9. The molecule has 0 aliphatic rings. The van der Waals surface area contributed by atoms with E-state index >= 15 is 0 Å². The number of anilines is 1. The summed E-state index contributed by atoms with van der Waals surface area (Å²) in [4.78, 5) is 34.1. The van der Waals surface area contributed by atoms with Crippen LogP contribution in [-0.4, -0.2) is 42.4 Å². The zero-order chi connectivity index (χ0) is 16.4. The van der Waals surface area contributed by atoms with Crippen molar-refractivity contribution in [1.82, 2.24) is 5.32 Å². The zero-order valence-electron chi connectivity index (χ0n) is 12.1. The van der Waals surface area contributed by atoms with E-state index in [0.29, 0.717) is 12.3 Å². The molecule has 0 saturated carbocycles. The van der Waals surface area contributed by atoms with Crippen LogP contribution in [0.5, 0.6) is 0 Å². The second-order valence-corrected chi connectivity index (χ2v) is 5.12. The van der Waals surface area contributed by atoms with Crippen LogP contribution in [0.2, 0.25) is 0 Å². The maximum Gasteiger partial charge on any atom is 0.315 e. The number of amides is 2. The predicted molar refractivity (Wildman–Crippen MR) is 82.0 cm³/mol. The Bertz CT molecular complexity index is 522. The molecule has 0 aliphatic carbocycles. The molecule has 0 radical (unpaired) electrons. The van der Waals surface area contributed by atoms with E-state index in [-0.39, 0.29) is 29.9 Å². The second kappa shape index (κ2) is 9.78. The molecule has 120 valence electrons. The fourth-order valence-electron chi connectivity index (χ4n) is 1.40. The van der Waals surface area contributed by atoms with E-state index in [2.05, 4.69) is 10.6 Å². The molecule has 0 fully saturated rings. The average molecular weight is 328 g/mol. The molecule has 8 heteroatoms. The molecule has 0 spiro atoms. The van der Waals surface area contributed by atoms with Gasteiger partial charge in [-0.05, 0) is 31.2 Å². The fraction of sp³-hybridized carbons (Fsp3) is 0.357. The maximum absolute atomic E-state index is 12.7. The summed E-state index contributed by atoms with van der Waals surface area (Å²) in [5.41, 5.74) is 0.442. The van der Waals surface area contributed by atoms with Crippen molar-refractivity contribution in [2.75, 3.05) is 30.0 Å². The van der Waals surface area contributed by atoms with Gasteiger partial charge >= 0.3 is 5.97 Å². The van der Waals surface area contributed by atoms with E-state index < -0.39 is 11.7 Å². The minimum atomic E-state index is -0.421. The summed E-state index contributed by atoms with van der Waals surface area (Å²) in [6, 6.07) is 5.29. The van der Waals surface area contributed by atoms with Crippen LogP contribution in [0.3, 0.4) is 0 Å². The molecule has 22 heavy (non-hydrogen) atoms. The quantitative estimate of drug-likeness (QED) is 0.700.